The highest BCUT2D eigenvalue weighted by molar-refractivity contribution is 7.90. The van der Waals surface area contributed by atoms with Crippen LogP contribution < -0.4 is 15.4 Å². The molecule has 39 heavy (non-hydrogen) atoms. The molecule has 1 aromatic heterocycles. The van der Waals surface area contributed by atoms with E-state index >= 15 is 0 Å². The molecule has 0 unspecified atom stereocenters. The summed E-state index contributed by atoms with van der Waals surface area (Å²) in [6, 6.07) is 34.7. The minimum atomic E-state index is -2.95. The molecular weight excluding hydrogens is 506 g/mol. The molecule has 6 nitrogen and oxygen atoms in total. The first-order chi connectivity index (χ1) is 18.9. The highest BCUT2D eigenvalue weighted by Crippen LogP contribution is 2.30. The number of pyridine rings is 1. The molecule has 0 amide bonds. The number of sulfone groups is 1. The topological polar surface area (TPSA) is 80.3 Å². The minimum Gasteiger partial charge on any atom is -0.489 e. The average Bonchev–Trinajstić information content (AvgIpc) is 2.95. The van der Waals surface area contributed by atoms with Crippen molar-refractivity contribution >= 4 is 32.1 Å². The van der Waals surface area contributed by atoms with E-state index in [9.17, 15) is 8.42 Å². The fraction of sp³-hybridized carbons (Fsp3) is 0.156. The first kappa shape index (κ1) is 26.4. The van der Waals surface area contributed by atoms with E-state index in [1.54, 1.807) is 0 Å². The maximum Gasteiger partial charge on any atom is 0.148 e. The highest BCUT2D eigenvalue weighted by atomic mass is 32.2. The van der Waals surface area contributed by atoms with E-state index in [4.69, 9.17) is 4.74 Å². The van der Waals surface area contributed by atoms with Crippen molar-refractivity contribution in [2.45, 2.75) is 13.2 Å². The van der Waals surface area contributed by atoms with Gasteiger partial charge in [-0.2, -0.15) is 0 Å². The number of nitrogens with one attached hydrogen (secondary N) is 2. The van der Waals surface area contributed by atoms with Crippen molar-refractivity contribution in [3.05, 3.63) is 120 Å². The summed E-state index contributed by atoms with van der Waals surface area (Å²) in [7, 11) is -2.95. The van der Waals surface area contributed by atoms with E-state index in [1.165, 1.54) is 6.26 Å². The van der Waals surface area contributed by atoms with Crippen molar-refractivity contribution in [2.75, 3.05) is 23.9 Å². The average molecular weight is 538 g/mol. The first-order valence-electron chi connectivity index (χ1n) is 12.8. The van der Waals surface area contributed by atoms with Gasteiger partial charge in [-0.25, -0.2) is 8.42 Å². The molecule has 0 saturated carbocycles. The first-order valence-corrected chi connectivity index (χ1v) is 14.9. The Morgan fingerprint density at radius 1 is 0.795 bits per heavy atom. The second-order valence-electron chi connectivity index (χ2n) is 9.52. The second-order valence-corrected chi connectivity index (χ2v) is 11.8. The lowest BCUT2D eigenvalue weighted by Crippen LogP contribution is -2.21. The molecule has 7 heteroatoms. The normalized spacial score (nSPS) is 11.4. The summed E-state index contributed by atoms with van der Waals surface area (Å²) in [5, 5.41) is 7.73. The highest BCUT2D eigenvalue weighted by Gasteiger charge is 2.07. The molecule has 0 fully saturated rings. The van der Waals surface area contributed by atoms with Crippen molar-refractivity contribution in [1.82, 2.24) is 10.3 Å². The van der Waals surface area contributed by atoms with Gasteiger partial charge in [0, 0.05) is 42.3 Å². The maximum absolute atomic E-state index is 11.3. The van der Waals surface area contributed by atoms with Crippen molar-refractivity contribution in [3.63, 3.8) is 0 Å². The molecule has 0 aliphatic heterocycles. The molecule has 0 saturated heterocycles. The van der Waals surface area contributed by atoms with Gasteiger partial charge in [0.2, 0.25) is 0 Å². The third-order valence-electron chi connectivity index (χ3n) is 6.39. The molecule has 5 aromatic rings. The van der Waals surface area contributed by atoms with Crippen LogP contribution in [0, 0.1) is 0 Å². The molecule has 2 N–H and O–H groups in total. The van der Waals surface area contributed by atoms with Crippen LogP contribution in [0.5, 0.6) is 5.75 Å². The minimum absolute atomic E-state index is 0.139. The van der Waals surface area contributed by atoms with Crippen molar-refractivity contribution in [1.29, 1.82) is 0 Å². The zero-order chi connectivity index (χ0) is 27.1. The maximum atomic E-state index is 11.3. The van der Waals surface area contributed by atoms with E-state index in [1.807, 2.05) is 54.7 Å². The van der Waals surface area contributed by atoms with Gasteiger partial charge < -0.3 is 15.4 Å². The fourth-order valence-electron chi connectivity index (χ4n) is 4.27. The third kappa shape index (κ3) is 7.44. The van der Waals surface area contributed by atoms with Gasteiger partial charge >= 0.3 is 0 Å². The summed E-state index contributed by atoms with van der Waals surface area (Å²) in [6.07, 6.45) is 3.07. The number of aromatic nitrogens is 1. The summed E-state index contributed by atoms with van der Waals surface area (Å²) in [6.45, 7) is 1.61. The molecule has 198 valence electrons. The number of benzene rings is 4. The lowest BCUT2D eigenvalue weighted by molar-refractivity contribution is 0.306. The van der Waals surface area contributed by atoms with Crippen LogP contribution in [0.4, 0.5) is 11.4 Å². The molecule has 0 bridgehead atoms. The Balaban J connectivity index is 1.23. The van der Waals surface area contributed by atoms with Gasteiger partial charge in [0.05, 0.1) is 11.3 Å². The fourth-order valence-corrected chi connectivity index (χ4v) is 4.79. The van der Waals surface area contributed by atoms with E-state index in [0.717, 1.165) is 50.3 Å². The quantitative estimate of drug-likeness (QED) is 0.191. The van der Waals surface area contributed by atoms with Gasteiger partial charge in [-0.15, -0.1) is 0 Å². The van der Waals surface area contributed by atoms with Gasteiger partial charge in [-0.1, -0.05) is 66.7 Å². The summed E-state index contributed by atoms with van der Waals surface area (Å²) in [4.78, 5) is 4.61. The SMILES string of the molecule is CS(=O)(=O)CCNCc1ccc(-c2ccc3c(Nc4ccc(OCc5ccccc5)cc4)ccnc3c2)cc1. The molecule has 4 aromatic carbocycles. The Labute approximate surface area is 229 Å². The smallest absolute Gasteiger partial charge is 0.148 e. The second kappa shape index (κ2) is 12.1. The lowest BCUT2D eigenvalue weighted by Gasteiger charge is -2.12. The van der Waals surface area contributed by atoms with Gasteiger partial charge in [0.1, 0.15) is 22.2 Å². The Kier molecular flexibility index (Phi) is 8.20. The van der Waals surface area contributed by atoms with Gasteiger partial charge in [-0.3, -0.25) is 4.98 Å². The Bertz CT molecular complexity index is 1640. The number of anilines is 2. The van der Waals surface area contributed by atoms with Gasteiger partial charge in [-0.05, 0) is 58.7 Å². The summed E-state index contributed by atoms with van der Waals surface area (Å²) < 4.78 is 28.4. The van der Waals surface area contributed by atoms with Crippen LogP contribution in [0.15, 0.2) is 109 Å². The van der Waals surface area contributed by atoms with Crippen LogP contribution >= 0.6 is 0 Å². The largest absolute Gasteiger partial charge is 0.489 e. The Hall–Kier alpha value is -4.20. The molecule has 0 aliphatic carbocycles. The predicted molar refractivity (Wildman–Crippen MR) is 159 cm³/mol. The van der Waals surface area contributed by atoms with Crippen LogP contribution in [0.1, 0.15) is 11.1 Å². The van der Waals surface area contributed by atoms with Gasteiger partial charge in [0.15, 0.2) is 0 Å². The molecule has 1 heterocycles. The predicted octanol–water partition coefficient (Wildman–Crippen LogP) is 6.36. The zero-order valence-corrected chi connectivity index (χ0v) is 22.6. The molecule has 0 aliphatic rings. The Morgan fingerprint density at radius 2 is 1.54 bits per heavy atom. The summed E-state index contributed by atoms with van der Waals surface area (Å²) >= 11 is 0. The number of fused-ring (bicyclic) bond motifs is 1. The van der Waals surface area contributed by atoms with Crippen molar-refractivity contribution in [3.8, 4) is 16.9 Å². The summed E-state index contributed by atoms with van der Waals surface area (Å²) in [5.74, 6) is 0.963. The van der Waals surface area contributed by atoms with E-state index < -0.39 is 9.84 Å². The lowest BCUT2D eigenvalue weighted by atomic mass is 10.0. The number of hydrogen-bond acceptors (Lipinski definition) is 6. The molecule has 0 atom stereocenters. The Morgan fingerprint density at radius 3 is 2.28 bits per heavy atom. The van der Waals surface area contributed by atoms with Crippen molar-refractivity contribution < 1.29 is 13.2 Å². The van der Waals surface area contributed by atoms with Crippen LogP contribution in [-0.2, 0) is 23.0 Å². The molecule has 0 radical (unpaired) electrons. The number of hydrogen-bond donors (Lipinski definition) is 2. The molecule has 5 rings (SSSR count). The number of rotatable bonds is 11. The summed E-state index contributed by atoms with van der Waals surface area (Å²) in [5.41, 5.74) is 7.30. The molecule has 0 spiro atoms. The van der Waals surface area contributed by atoms with Crippen LogP contribution in [-0.4, -0.2) is 32.0 Å². The van der Waals surface area contributed by atoms with Gasteiger partial charge in [0.25, 0.3) is 0 Å². The third-order valence-corrected chi connectivity index (χ3v) is 7.34. The number of ether oxygens (including phenoxy) is 1. The number of nitrogens with zero attached hydrogens (tertiary/aromatic N) is 1. The van der Waals surface area contributed by atoms with E-state index in [-0.39, 0.29) is 5.75 Å². The van der Waals surface area contributed by atoms with Crippen molar-refractivity contribution in [2.24, 2.45) is 0 Å². The zero-order valence-electron chi connectivity index (χ0n) is 21.8. The monoisotopic (exact) mass is 537 g/mol. The van der Waals surface area contributed by atoms with E-state index in [2.05, 4.69) is 70.2 Å². The molecular formula is C32H31N3O3S. The van der Waals surface area contributed by atoms with E-state index in [0.29, 0.717) is 19.7 Å². The van der Waals surface area contributed by atoms with Crippen LogP contribution in [0.25, 0.3) is 22.0 Å². The standard InChI is InChI=1S/C32H31N3O3S/c1-39(36,37)20-19-33-22-24-7-9-26(10-8-24)27-11-16-30-31(17-18-34-32(30)21-27)35-28-12-14-29(15-13-28)38-23-25-5-3-2-4-6-25/h2-18,21,33H,19-20,22-23H2,1H3,(H,34,35). The van der Waals surface area contributed by atoms with Crippen LogP contribution in [0.3, 0.4) is 0 Å². The van der Waals surface area contributed by atoms with Crippen LogP contribution in [0.2, 0.25) is 0 Å².